The summed E-state index contributed by atoms with van der Waals surface area (Å²) in [6, 6.07) is 15.7. The molecule has 1 aliphatic carbocycles. The number of halogens is 2. The van der Waals surface area contributed by atoms with Crippen LogP contribution in [0.1, 0.15) is 68.1 Å². The Kier molecular flexibility index (Phi) is 7.80. The predicted octanol–water partition coefficient (Wildman–Crippen LogP) is 8.54. The fraction of sp³-hybridized carbons (Fsp3) is 0.400. The zero-order valence-electron chi connectivity index (χ0n) is 19.6. The molecule has 0 aliphatic heterocycles. The van der Waals surface area contributed by atoms with Gasteiger partial charge in [0.2, 0.25) is 0 Å². The molecule has 0 spiro atoms. The quantitative estimate of drug-likeness (QED) is 0.298. The minimum Gasteiger partial charge on any atom is -0.490 e. The van der Waals surface area contributed by atoms with Gasteiger partial charge in [-0.1, -0.05) is 62.8 Å². The molecule has 3 aromatic rings. The zero-order chi connectivity index (χ0) is 23.2. The van der Waals surface area contributed by atoms with Gasteiger partial charge in [-0.15, -0.1) is 0 Å². The summed E-state index contributed by atoms with van der Waals surface area (Å²) < 4.78 is 35.0. The molecule has 3 heteroatoms. The Hall–Kier alpha value is -2.68. The average Bonchev–Trinajstić information content (AvgIpc) is 2.85. The van der Waals surface area contributed by atoms with E-state index in [1.807, 2.05) is 0 Å². The Morgan fingerprint density at radius 1 is 0.939 bits per heavy atom. The van der Waals surface area contributed by atoms with Gasteiger partial charge >= 0.3 is 0 Å². The van der Waals surface area contributed by atoms with E-state index < -0.39 is 11.6 Å². The van der Waals surface area contributed by atoms with Gasteiger partial charge in [-0.05, 0) is 90.6 Å². The van der Waals surface area contributed by atoms with Crippen LogP contribution in [-0.4, -0.2) is 6.61 Å². The van der Waals surface area contributed by atoms with E-state index in [0.29, 0.717) is 42.1 Å². The van der Waals surface area contributed by atoms with Crippen molar-refractivity contribution in [1.29, 1.82) is 0 Å². The second kappa shape index (κ2) is 11.0. The van der Waals surface area contributed by atoms with Crippen LogP contribution in [0.4, 0.5) is 8.78 Å². The first kappa shape index (κ1) is 23.5. The predicted molar refractivity (Wildman–Crippen MR) is 133 cm³/mol. The molecule has 3 aromatic carbocycles. The molecule has 33 heavy (non-hydrogen) atoms. The highest BCUT2D eigenvalue weighted by atomic mass is 19.2. The van der Waals surface area contributed by atoms with Crippen LogP contribution in [0.5, 0.6) is 5.75 Å². The number of aryl methyl sites for hydroxylation is 2. The highest BCUT2D eigenvalue weighted by molar-refractivity contribution is 5.85. The maximum atomic E-state index is 14.8. The van der Waals surface area contributed by atoms with Gasteiger partial charge in [-0.3, -0.25) is 0 Å². The van der Waals surface area contributed by atoms with Crippen molar-refractivity contribution in [2.45, 2.75) is 64.2 Å². The number of hydrogen-bond donors (Lipinski definition) is 0. The Labute approximate surface area is 196 Å². The molecule has 0 saturated heterocycles. The summed E-state index contributed by atoms with van der Waals surface area (Å²) in [6.07, 6.45) is 10.7. The highest BCUT2D eigenvalue weighted by Crippen LogP contribution is 2.37. The van der Waals surface area contributed by atoms with E-state index in [1.165, 1.54) is 44.1 Å². The van der Waals surface area contributed by atoms with Gasteiger partial charge in [0.1, 0.15) is 12.4 Å². The minimum absolute atomic E-state index is 0.246. The summed E-state index contributed by atoms with van der Waals surface area (Å²) in [5, 5.41) is 0.930. The van der Waals surface area contributed by atoms with Crippen LogP contribution in [0.2, 0.25) is 0 Å². The van der Waals surface area contributed by atoms with Crippen molar-refractivity contribution < 1.29 is 13.5 Å². The topological polar surface area (TPSA) is 9.23 Å². The van der Waals surface area contributed by atoms with Gasteiger partial charge < -0.3 is 4.74 Å². The number of rotatable bonds is 9. The van der Waals surface area contributed by atoms with Crippen molar-refractivity contribution >= 4 is 10.8 Å². The Bertz CT molecular complexity index is 1080. The van der Waals surface area contributed by atoms with E-state index in [-0.39, 0.29) is 5.39 Å². The summed E-state index contributed by atoms with van der Waals surface area (Å²) in [5.41, 5.74) is 3.00. The molecule has 0 radical (unpaired) electrons. The first-order valence-corrected chi connectivity index (χ1v) is 12.3. The third kappa shape index (κ3) is 5.63. The van der Waals surface area contributed by atoms with Crippen molar-refractivity contribution in [3.05, 3.63) is 89.5 Å². The lowest BCUT2D eigenvalue weighted by Gasteiger charge is -2.28. The van der Waals surface area contributed by atoms with E-state index in [0.717, 1.165) is 11.5 Å². The smallest absolute Gasteiger partial charge is 0.167 e. The molecule has 1 fully saturated rings. The lowest BCUT2D eigenvalue weighted by atomic mass is 9.77. The molecule has 1 aliphatic rings. The fourth-order valence-electron chi connectivity index (χ4n) is 5.22. The van der Waals surface area contributed by atoms with E-state index >= 15 is 0 Å². The maximum absolute atomic E-state index is 14.8. The number of hydrogen-bond acceptors (Lipinski definition) is 1. The number of benzene rings is 3. The average molecular weight is 449 g/mol. The van der Waals surface area contributed by atoms with Crippen LogP contribution in [0.15, 0.2) is 61.2 Å². The third-order valence-electron chi connectivity index (χ3n) is 7.11. The minimum atomic E-state index is -0.805. The monoisotopic (exact) mass is 448 g/mol. The van der Waals surface area contributed by atoms with Gasteiger partial charge in [0.25, 0.3) is 0 Å². The van der Waals surface area contributed by atoms with E-state index in [2.05, 4.69) is 37.8 Å². The van der Waals surface area contributed by atoms with Crippen molar-refractivity contribution in [3.63, 3.8) is 0 Å². The summed E-state index contributed by atoms with van der Waals surface area (Å²) in [4.78, 5) is 0. The molecule has 0 heterocycles. The van der Waals surface area contributed by atoms with E-state index in [4.69, 9.17) is 4.74 Å². The van der Waals surface area contributed by atoms with Crippen molar-refractivity contribution in [2.75, 3.05) is 6.61 Å². The Balaban J connectivity index is 1.41. The summed E-state index contributed by atoms with van der Waals surface area (Å²) in [7, 11) is 0. The summed E-state index contributed by atoms with van der Waals surface area (Å²) >= 11 is 0. The normalized spacial score (nSPS) is 18.4. The van der Waals surface area contributed by atoms with Crippen molar-refractivity contribution in [1.82, 2.24) is 0 Å². The van der Waals surface area contributed by atoms with Gasteiger partial charge in [-0.25, -0.2) is 8.78 Å². The lowest BCUT2D eigenvalue weighted by molar-refractivity contribution is 0.308. The van der Waals surface area contributed by atoms with Crippen LogP contribution in [0, 0.1) is 17.6 Å². The van der Waals surface area contributed by atoms with Crippen molar-refractivity contribution in [3.8, 4) is 5.75 Å². The first-order valence-electron chi connectivity index (χ1n) is 12.3. The van der Waals surface area contributed by atoms with Gasteiger partial charge in [0, 0.05) is 5.39 Å². The highest BCUT2D eigenvalue weighted by Gasteiger charge is 2.21. The number of fused-ring (bicyclic) bond motifs is 1. The fourth-order valence-corrected chi connectivity index (χ4v) is 5.22. The third-order valence-corrected chi connectivity index (χ3v) is 7.11. The van der Waals surface area contributed by atoms with Crippen molar-refractivity contribution in [2.24, 2.45) is 5.92 Å². The van der Waals surface area contributed by atoms with Crippen LogP contribution in [0.3, 0.4) is 0 Å². The van der Waals surface area contributed by atoms with E-state index in [1.54, 1.807) is 30.3 Å². The Morgan fingerprint density at radius 2 is 1.70 bits per heavy atom. The van der Waals surface area contributed by atoms with Crippen LogP contribution in [-0.2, 0) is 12.8 Å². The molecule has 0 atom stereocenters. The van der Waals surface area contributed by atoms with Crippen LogP contribution < -0.4 is 4.74 Å². The van der Waals surface area contributed by atoms with E-state index in [9.17, 15) is 8.78 Å². The van der Waals surface area contributed by atoms with Crippen LogP contribution >= 0.6 is 0 Å². The molecule has 0 N–H and O–H groups in total. The maximum Gasteiger partial charge on any atom is 0.167 e. The summed E-state index contributed by atoms with van der Waals surface area (Å²) in [5.74, 6) is 0.519. The number of ether oxygens (including phenoxy) is 1. The largest absolute Gasteiger partial charge is 0.490 e. The molecular formula is C30H34F2O. The molecule has 0 unspecified atom stereocenters. The zero-order valence-corrected chi connectivity index (χ0v) is 19.6. The SMILES string of the molecule is C=CCOc1ccc2cc(CCc3ccc(C4CCC(CCC)CC4)cc3)c(F)c(F)c2c1. The molecule has 0 amide bonds. The molecule has 0 aromatic heterocycles. The molecular weight excluding hydrogens is 414 g/mol. The second-order valence-electron chi connectivity index (χ2n) is 9.39. The van der Waals surface area contributed by atoms with Gasteiger partial charge in [0.15, 0.2) is 11.6 Å². The van der Waals surface area contributed by atoms with Gasteiger partial charge in [-0.2, -0.15) is 0 Å². The van der Waals surface area contributed by atoms with Gasteiger partial charge in [0.05, 0.1) is 0 Å². The molecule has 174 valence electrons. The molecule has 1 saturated carbocycles. The first-order chi connectivity index (χ1) is 16.1. The molecule has 1 nitrogen and oxygen atoms in total. The second-order valence-corrected chi connectivity index (χ2v) is 9.39. The van der Waals surface area contributed by atoms with Crippen LogP contribution in [0.25, 0.3) is 10.8 Å². The standard InChI is InChI=1S/C30H34F2O/c1-3-5-21-6-11-23(12-7-21)24-13-8-22(9-14-24)10-15-26-19-25-16-17-27(33-18-4-2)20-28(25)30(32)29(26)31/h4,8-9,13-14,16-17,19-21,23H,2-3,5-7,10-12,15,18H2,1H3. The molecule has 0 bridgehead atoms. The lowest BCUT2D eigenvalue weighted by Crippen LogP contribution is -2.13. The Morgan fingerprint density at radius 3 is 2.39 bits per heavy atom. The molecule has 4 rings (SSSR count). The summed E-state index contributed by atoms with van der Waals surface area (Å²) in [6.45, 7) is 6.21.